The minimum absolute atomic E-state index is 0.0590. The SMILES string of the molecule is Cc1cc(NC(=O)C(OC(=O)Cc2ccc(Cl)c(Cl)c2)c2ccccc2)no1. The van der Waals surface area contributed by atoms with Crippen LogP contribution in [0.3, 0.4) is 0 Å². The van der Waals surface area contributed by atoms with Gasteiger partial charge in [0.2, 0.25) is 6.10 Å². The molecule has 1 aromatic heterocycles. The Hall–Kier alpha value is -2.83. The zero-order valence-electron chi connectivity index (χ0n) is 14.8. The monoisotopic (exact) mass is 418 g/mol. The molecule has 144 valence electrons. The highest BCUT2D eigenvalue weighted by atomic mass is 35.5. The molecule has 3 rings (SSSR count). The van der Waals surface area contributed by atoms with Crippen LogP contribution in [-0.4, -0.2) is 17.0 Å². The number of aromatic nitrogens is 1. The Morgan fingerprint density at radius 1 is 1.11 bits per heavy atom. The van der Waals surface area contributed by atoms with Gasteiger partial charge in [0.1, 0.15) is 5.76 Å². The summed E-state index contributed by atoms with van der Waals surface area (Å²) in [6.07, 6.45) is -1.20. The normalized spacial score (nSPS) is 11.7. The zero-order valence-corrected chi connectivity index (χ0v) is 16.3. The van der Waals surface area contributed by atoms with Crippen molar-refractivity contribution < 1.29 is 18.8 Å². The number of carbonyl (C=O) groups is 2. The molecule has 0 spiro atoms. The molecule has 0 bridgehead atoms. The number of anilines is 1. The van der Waals surface area contributed by atoms with Crippen LogP contribution in [0.15, 0.2) is 59.1 Å². The Morgan fingerprint density at radius 3 is 2.50 bits per heavy atom. The van der Waals surface area contributed by atoms with Gasteiger partial charge in [0.05, 0.1) is 16.5 Å². The van der Waals surface area contributed by atoms with E-state index in [2.05, 4.69) is 10.5 Å². The lowest BCUT2D eigenvalue weighted by atomic mass is 10.1. The number of hydrogen-bond acceptors (Lipinski definition) is 5. The molecular formula is C20H16Cl2N2O4. The summed E-state index contributed by atoms with van der Waals surface area (Å²) in [6.45, 7) is 1.70. The number of amides is 1. The molecule has 0 aliphatic heterocycles. The van der Waals surface area contributed by atoms with Crippen molar-refractivity contribution in [3.63, 3.8) is 0 Å². The third kappa shape index (κ3) is 5.12. The maximum atomic E-state index is 12.7. The van der Waals surface area contributed by atoms with Crippen LogP contribution < -0.4 is 5.32 Å². The Bertz CT molecular complexity index is 989. The van der Waals surface area contributed by atoms with Crippen molar-refractivity contribution in [2.24, 2.45) is 0 Å². The largest absolute Gasteiger partial charge is 0.447 e. The van der Waals surface area contributed by atoms with Gasteiger partial charge >= 0.3 is 5.97 Å². The highest BCUT2D eigenvalue weighted by Crippen LogP contribution is 2.24. The standard InChI is InChI=1S/C20H16Cl2N2O4/c1-12-9-17(24-28-12)23-20(26)19(14-5-3-2-4-6-14)27-18(25)11-13-7-8-15(21)16(22)10-13/h2-10,19H,11H2,1H3,(H,23,24,26). The van der Waals surface area contributed by atoms with E-state index in [4.69, 9.17) is 32.5 Å². The van der Waals surface area contributed by atoms with E-state index in [1.165, 1.54) is 0 Å². The Balaban J connectivity index is 1.75. The molecule has 2 aromatic carbocycles. The average Bonchev–Trinajstić information content (AvgIpc) is 3.08. The Kier molecular flexibility index (Phi) is 6.34. The van der Waals surface area contributed by atoms with Gasteiger partial charge in [0, 0.05) is 11.6 Å². The Labute approximate surface area is 171 Å². The second-order valence-electron chi connectivity index (χ2n) is 6.02. The molecule has 0 saturated heterocycles. The van der Waals surface area contributed by atoms with Crippen LogP contribution in [0.25, 0.3) is 0 Å². The molecule has 0 aliphatic carbocycles. The van der Waals surface area contributed by atoms with Crippen LogP contribution in [0.4, 0.5) is 5.82 Å². The molecule has 8 heteroatoms. The summed E-state index contributed by atoms with van der Waals surface area (Å²) >= 11 is 11.9. The fourth-order valence-corrected chi connectivity index (χ4v) is 2.83. The van der Waals surface area contributed by atoms with Crippen molar-refractivity contribution in [1.82, 2.24) is 5.16 Å². The molecule has 3 aromatic rings. The van der Waals surface area contributed by atoms with Gasteiger partial charge in [-0.15, -0.1) is 0 Å². The van der Waals surface area contributed by atoms with Gasteiger partial charge in [-0.3, -0.25) is 9.59 Å². The smallest absolute Gasteiger partial charge is 0.311 e. The summed E-state index contributed by atoms with van der Waals surface area (Å²) in [5.41, 5.74) is 1.15. The average molecular weight is 419 g/mol. The number of nitrogens with zero attached hydrogens (tertiary/aromatic N) is 1. The molecular weight excluding hydrogens is 403 g/mol. The number of aryl methyl sites for hydroxylation is 1. The van der Waals surface area contributed by atoms with Crippen LogP contribution in [0.2, 0.25) is 10.0 Å². The van der Waals surface area contributed by atoms with Crippen molar-refractivity contribution in [3.05, 3.63) is 81.5 Å². The van der Waals surface area contributed by atoms with E-state index >= 15 is 0 Å². The molecule has 0 fully saturated rings. The van der Waals surface area contributed by atoms with Gasteiger partial charge in [-0.2, -0.15) is 0 Å². The number of carbonyl (C=O) groups excluding carboxylic acids is 2. The fourth-order valence-electron chi connectivity index (χ4n) is 2.51. The first-order valence-electron chi connectivity index (χ1n) is 8.35. The first kappa shape index (κ1) is 19.9. The van der Waals surface area contributed by atoms with Crippen LogP contribution >= 0.6 is 23.2 Å². The van der Waals surface area contributed by atoms with Crippen LogP contribution in [0, 0.1) is 6.92 Å². The highest BCUT2D eigenvalue weighted by molar-refractivity contribution is 6.42. The number of rotatable bonds is 6. The molecule has 1 heterocycles. The summed E-state index contributed by atoms with van der Waals surface area (Å²) in [5.74, 6) is -0.340. The summed E-state index contributed by atoms with van der Waals surface area (Å²) in [7, 11) is 0. The maximum absolute atomic E-state index is 12.7. The van der Waals surface area contributed by atoms with Gasteiger partial charge in [0.25, 0.3) is 5.91 Å². The summed E-state index contributed by atoms with van der Waals surface area (Å²) in [5, 5.41) is 7.04. The minimum Gasteiger partial charge on any atom is -0.447 e. The summed E-state index contributed by atoms with van der Waals surface area (Å²) in [4.78, 5) is 25.1. The number of benzene rings is 2. The topological polar surface area (TPSA) is 81.4 Å². The van der Waals surface area contributed by atoms with E-state index in [0.29, 0.717) is 26.9 Å². The molecule has 6 nitrogen and oxygen atoms in total. The van der Waals surface area contributed by atoms with Gasteiger partial charge < -0.3 is 14.6 Å². The van der Waals surface area contributed by atoms with Crippen LogP contribution in [-0.2, 0) is 20.7 Å². The zero-order chi connectivity index (χ0) is 20.1. The number of ether oxygens (including phenoxy) is 1. The van der Waals surface area contributed by atoms with Gasteiger partial charge in [0.15, 0.2) is 5.82 Å². The number of halogens is 2. The first-order chi connectivity index (χ1) is 13.4. The molecule has 1 unspecified atom stereocenters. The van der Waals surface area contributed by atoms with E-state index < -0.39 is 18.0 Å². The molecule has 1 atom stereocenters. The van der Waals surface area contributed by atoms with Gasteiger partial charge in [-0.25, -0.2) is 0 Å². The first-order valence-corrected chi connectivity index (χ1v) is 9.10. The van der Waals surface area contributed by atoms with Crippen LogP contribution in [0.5, 0.6) is 0 Å². The lowest BCUT2D eigenvalue weighted by Crippen LogP contribution is -2.26. The van der Waals surface area contributed by atoms with Crippen molar-refractivity contribution in [1.29, 1.82) is 0 Å². The van der Waals surface area contributed by atoms with E-state index in [1.54, 1.807) is 61.5 Å². The van der Waals surface area contributed by atoms with Crippen molar-refractivity contribution in [3.8, 4) is 0 Å². The quantitative estimate of drug-likeness (QED) is 0.583. The predicted octanol–water partition coefficient (Wildman–Crippen LogP) is 4.76. The van der Waals surface area contributed by atoms with Crippen LogP contribution in [0.1, 0.15) is 23.0 Å². The second-order valence-corrected chi connectivity index (χ2v) is 6.83. The molecule has 0 saturated carbocycles. The minimum atomic E-state index is -1.14. The second kappa shape index (κ2) is 8.91. The number of nitrogens with one attached hydrogen (secondary N) is 1. The van der Waals surface area contributed by atoms with Gasteiger partial charge in [-0.1, -0.05) is 64.8 Å². The molecule has 1 amide bonds. The van der Waals surface area contributed by atoms with E-state index in [9.17, 15) is 9.59 Å². The third-order valence-corrected chi connectivity index (χ3v) is 4.54. The van der Waals surface area contributed by atoms with E-state index in [-0.39, 0.29) is 12.2 Å². The number of hydrogen-bond donors (Lipinski definition) is 1. The molecule has 1 N–H and O–H groups in total. The van der Waals surface area contributed by atoms with Crippen molar-refractivity contribution >= 4 is 40.9 Å². The summed E-state index contributed by atoms with van der Waals surface area (Å²) in [6, 6.07) is 15.1. The predicted molar refractivity (Wildman–Crippen MR) is 105 cm³/mol. The lowest BCUT2D eigenvalue weighted by molar-refractivity contribution is -0.154. The highest BCUT2D eigenvalue weighted by Gasteiger charge is 2.26. The molecule has 28 heavy (non-hydrogen) atoms. The van der Waals surface area contributed by atoms with Gasteiger partial charge in [-0.05, 0) is 24.6 Å². The fraction of sp³-hybridized carbons (Fsp3) is 0.150. The third-order valence-electron chi connectivity index (χ3n) is 3.80. The number of esters is 1. The molecule has 0 aliphatic rings. The summed E-state index contributed by atoms with van der Waals surface area (Å²) < 4.78 is 10.4. The van der Waals surface area contributed by atoms with E-state index in [0.717, 1.165) is 0 Å². The van der Waals surface area contributed by atoms with E-state index in [1.807, 2.05) is 0 Å². The Morgan fingerprint density at radius 2 is 1.86 bits per heavy atom. The molecule has 0 radical (unpaired) electrons. The van der Waals surface area contributed by atoms with Crippen molar-refractivity contribution in [2.75, 3.05) is 5.32 Å². The lowest BCUT2D eigenvalue weighted by Gasteiger charge is -2.17. The van der Waals surface area contributed by atoms with Crippen molar-refractivity contribution in [2.45, 2.75) is 19.4 Å². The maximum Gasteiger partial charge on any atom is 0.311 e.